The smallest absolute Gasteiger partial charge is 0.490 e. The molecule has 0 fully saturated rings. The van der Waals surface area contributed by atoms with Crippen molar-refractivity contribution >= 4 is 0 Å². The first-order chi connectivity index (χ1) is 12.9. The Morgan fingerprint density at radius 3 is 2.41 bits per heavy atom. The van der Waals surface area contributed by atoms with Crippen molar-refractivity contribution in [1.29, 1.82) is 0 Å². The standard InChI is InChI=1S/C20H22F3NO3/c1-3-25-17-11-13-8-9-24-19(16(13)12-18(17)26-4-2)14-6-5-7-15(10-14)27-20(21,22)23/h5-7,10-12,19,24H,3-4,8-9H2,1-2H3/p+1. The van der Waals surface area contributed by atoms with Crippen molar-refractivity contribution in [3.63, 3.8) is 0 Å². The van der Waals surface area contributed by atoms with E-state index in [1.54, 1.807) is 6.07 Å². The van der Waals surface area contributed by atoms with Gasteiger partial charge in [0.2, 0.25) is 0 Å². The van der Waals surface area contributed by atoms with Crippen molar-refractivity contribution in [1.82, 2.24) is 0 Å². The fourth-order valence-corrected chi connectivity index (χ4v) is 3.41. The van der Waals surface area contributed by atoms with Crippen LogP contribution in [-0.4, -0.2) is 26.1 Å². The van der Waals surface area contributed by atoms with Crippen LogP contribution in [0.4, 0.5) is 13.2 Å². The molecule has 0 spiro atoms. The van der Waals surface area contributed by atoms with Crippen molar-refractivity contribution < 1.29 is 32.7 Å². The maximum atomic E-state index is 12.5. The Morgan fingerprint density at radius 2 is 1.74 bits per heavy atom. The molecule has 0 radical (unpaired) electrons. The number of ether oxygens (including phenoxy) is 3. The number of hydrogen-bond donors (Lipinski definition) is 1. The quantitative estimate of drug-likeness (QED) is 0.831. The van der Waals surface area contributed by atoms with Gasteiger partial charge in [-0.25, -0.2) is 0 Å². The minimum atomic E-state index is -4.71. The van der Waals surface area contributed by atoms with Crippen LogP contribution in [-0.2, 0) is 6.42 Å². The molecule has 3 rings (SSSR count). The van der Waals surface area contributed by atoms with Crippen LogP contribution in [0.5, 0.6) is 17.2 Å². The molecule has 1 aliphatic heterocycles. The zero-order valence-electron chi connectivity index (χ0n) is 15.3. The molecule has 2 aromatic carbocycles. The Morgan fingerprint density at radius 1 is 1.04 bits per heavy atom. The minimum Gasteiger partial charge on any atom is -0.490 e. The summed E-state index contributed by atoms with van der Waals surface area (Å²) < 4.78 is 53.1. The minimum absolute atomic E-state index is 0.125. The van der Waals surface area contributed by atoms with E-state index in [1.807, 2.05) is 32.0 Å². The van der Waals surface area contributed by atoms with Crippen molar-refractivity contribution in [3.8, 4) is 17.2 Å². The van der Waals surface area contributed by atoms with Crippen LogP contribution in [0.25, 0.3) is 0 Å². The summed E-state index contributed by atoms with van der Waals surface area (Å²) >= 11 is 0. The Balaban J connectivity index is 1.98. The summed E-state index contributed by atoms with van der Waals surface area (Å²) in [6, 6.07) is 9.96. The molecule has 0 saturated carbocycles. The van der Waals surface area contributed by atoms with E-state index in [9.17, 15) is 13.2 Å². The summed E-state index contributed by atoms with van der Waals surface area (Å²) in [4.78, 5) is 0. The molecule has 7 heteroatoms. The van der Waals surface area contributed by atoms with E-state index in [2.05, 4.69) is 10.1 Å². The lowest BCUT2D eigenvalue weighted by Gasteiger charge is -2.26. The largest absolute Gasteiger partial charge is 0.573 e. The van der Waals surface area contributed by atoms with Crippen molar-refractivity contribution in [3.05, 3.63) is 53.1 Å². The Hall–Kier alpha value is -2.41. The van der Waals surface area contributed by atoms with Crippen molar-refractivity contribution in [2.24, 2.45) is 0 Å². The number of rotatable bonds is 6. The van der Waals surface area contributed by atoms with Crippen LogP contribution in [0.1, 0.15) is 36.6 Å². The van der Waals surface area contributed by atoms with Gasteiger partial charge >= 0.3 is 6.36 Å². The first kappa shape index (κ1) is 19.4. The molecule has 2 N–H and O–H groups in total. The number of nitrogens with two attached hydrogens (primary N) is 1. The number of hydrogen-bond acceptors (Lipinski definition) is 3. The summed E-state index contributed by atoms with van der Waals surface area (Å²) in [6.07, 6.45) is -3.85. The predicted molar refractivity (Wildman–Crippen MR) is 94.2 cm³/mol. The number of quaternary nitrogens is 1. The van der Waals surface area contributed by atoms with Crippen LogP contribution in [0.3, 0.4) is 0 Å². The van der Waals surface area contributed by atoms with Crippen molar-refractivity contribution in [2.75, 3.05) is 19.8 Å². The fraction of sp³-hybridized carbons (Fsp3) is 0.400. The van der Waals surface area contributed by atoms with E-state index < -0.39 is 6.36 Å². The highest BCUT2D eigenvalue weighted by Crippen LogP contribution is 2.36. The predicted octanol–water partition coefficient (Wildman–Crippen LogP) is 3.59. The summed E-state index contributed by atoms with van der Waals surface area (Å²) in [5, 5.41) is 2.12. The SMILES string of the molecule is CCOc1cc2c(cc1OCC)C(c1cccc(OC(F)(F)F)c1)[NH2+]CC2. The average molecular weight is 382 g/mol. The topological polar surface area (TPSA) is 44.3 Å². The van der Waals surface area contributed by atoms with E-state index >= 15 is 0 Å². The van der Waals surface area contributed by atoms with Gasteiger partial charge in [-0.2, -0.15) is 0 Å². The lowest BCUT2D eigenvalue weighted by Crippen LogP contribution is -2.87. The molecule has 27 heavy (non-hydrogen) atoms. The number of fused-ring (bicyclic) bond motifs is 1. The Bertz CT molecular complexity index is 793. The third kappa shape index (κ3) is 4.66. The molecule has 0 amide bonds. The van der Waals surface area contributed by atoms with Crippen LogP contribution in [0.2, 0.25) is 0 Å². The van der Waals surface area contributed by atoms with Gasteiger partial charge in [0.05, 0.1) is 19.8 Å². The van der Waals surface area contributed by atoms with Crippen molar-refractivity contribution in [2.45, 2.75) is 32.7 Å². The summed E-state index contributed by atoms with van der Waals surface area (Å²) in [5.41, 5.74) is 2.90. The van der Waals surface area contributed by atoms with Gasteiger partial charge in [-0.05, 0) is 43.7 Å². The van der Waals surface area contributed by atoms with E-state index in [4.69, 9.17) is 9.47 Å². The van der Waals surface area contributed by atoms with Gasteiger partial charge in [-0.15, -0.1) is 13.2 Å². The second kappa shape index (κ2) is 8.08. The average Bonchev–Trinajstić information content (AvgIpc) is 2.61. The first-order valence-corrected chi connectivity index (χ1v) is 9.02. The van der Waals surface area contributed by atoms with Gasteiger partial charge in [0.25, 0.3) is 0 Å². The molecule has 0 saturated heterocycles. The third-order valence-electron chi connectivity index (χ3n) is 4.41. The molecule has 1 atom stereocenters. The second-order valence-corrected chi connectivity index (χ2v) is 6.24. The molecule has 0 bridgehead atoms. The Labute approximate surface area is 156 Å². The van der Waals surface area contributed by atoms with E-state index in [0.717, 1.165) is 29.7 Å². The molecule has 146 valence electrons. The molecule has 4 nitrogen and oxygen atoms in total. The first-order valence-electron chi connectivity index (χ1n) is 9.02. The third-order valence-corrected chi connectivity index (χ3v) is 4.41. The zero-order valence-corrected chi connectivity index (χ0v) is 15.3. The molecular formula is C20H23F3NO3+. The highest BCUT2D eigenvalue weighted by atomic mass is 19.4. The van der Waals surface area contributed by atoms with Crippen LogP contribution in [0, 0.1) is 0 Å². The van der Waals surface area contributed by atoms with Gasteiger partial charge in [0, 0.05) is 17.5 Å². The van der Waals surface area contributed by atoms with Gasteiger partial charge in [-0.1, -0.05) is 12.1 Å². The zero-order chi connectivity index (χ0) is 19.4. The van der Waals surface area contributed by atoms with Crippen LogP contribution in [0.15, 0.2) is 36.4 Å². The maximum Gasteiger partial charge on any atom is 0.573 e. The molecule has 2 aromatic rings. The summed E-state index contributed by atoms with van der Waals surface area (Å²) in [6.45, 7) is 5.68. The van der Waals surface area contributed by atoms with Crippen LogP contribution >= 0.6 is 0 Å². The van der Waals surface area contributed by atoms with Gasteiger partial charge < -0.3 is 19.5 Å². The van der Waals surface area contributed by atoms with Gasteiger partial charge in [-0.3, -0.25) is 0 Å². The number of halogens is 3. The summed E-state index contributed by atoms with van der Waals surface area (Å²) in [7, 11) is 0. The monoisotopic (exact) mass is 382 g/mol. The lowest BCUT2D eigenvalue weighted by atomic mass is 9.89. The molecule has 1 aliphatic rings. The Kier molecular flexibility index (Phi) is 5.79. The normalized spacial score (nSPS) is 16.6. The van der Waals surface area contributed by atoms with E-state index in [1.165, 1.54) is 12.1 Å². The summed E-state index contributed by atoms with van der Waals surface area (Å²) in [5.74, 6) is 1.14. The van der Waals surface area contributed by atoms with Gasteiger partial charge in [0.15, 0.2) is 11.5 Å². The van der Waals surface area contributed by atoms with E-state index in [-0.39, 0.29) is 11.8 Å². The molecule has 1 heterocycles. The highest BCUT2D eigenvalue weighted by molar-refractivity contribution is 5.51. The van der Waals surface area contributed by atoms with Crippen LogP contribution < -0.4 is 19.5 Å². The van der Waals surface area contributed by atoms with Gasteiger partial charge in [0.1, 0.15) is 11.8 Å². The maximum absolute atomic E-state index is 12.5. The molecule has 1 unspecified atom stereocenters. The molecule has 0 aromatic heterocycles. The number of benzene rings is 2. The lowest BCUT2D eigenvalue weighted by molar-refractivity contribution is -0.690. The molecule has 0 aliphatic carbocycles. The highest BCUT2D eigenvalue weighted by Gasteiger charge is 2.32. The second-order valence-electron chi connectivity index (χ2n) is 6.24. The molecular weight excluding hydrogens is 359 g/mol. The van der Waals surface area contributed by atoms with E-state index in [0.29, 0.717) is 24.7 Å². The number of alkyl halides is 3. The fourth-order valence-electron chi connectivity index (χ4n) is 3.41.